The molecule has 0 radical (unpaired) electrons. The Bertz CT molecular complexity index is 686. The number of carbonyl (C=O) groups excluding carboxylic acids is 1. The Kier molecular flexibility index (Phi) is 4.61. The predicted octanol–water partition coefficient (Wildman–Crippen LogP) is 3.48. The molecule has 1 aromatic carbocycles. The second-order valence-electron chi connectivity index (χ2n) is 4.88. The number of hydrogen-bond donors (Lipinski definition) is 0. The molecule has 1 saturated heterocycles. The van der Waals surface area contributed by atoms with Crippen LogP contribution in [0, 0.1) is 9.49 Å². The highest BCUT2D eigenvalue weighted by atomic mass is 127. The third-order valence-electron chi connectivity index (χ3n) is 3.49. The van der Waals surface area contributed by atoms with E-state index in [-0.39, 0.29) is 18.3 Å². The number of aromatic nitrogens is 1. The minimum Gasteiger partial charge on any atom is -0.482 e. The van der Waals surface area contributed by atoms with E-state index in [4.69, 9.17) is 21.1 Å². The topological polar surface area (TPSA) is 48.4 Å². The van der Waals surface area contributed by atoms with Crippen LogP contribution in [-0.4, -0.2) is 30.6 Å². The molecule has 1 aliphatic rings. The molecule has 21 heavy (non-hydrogen) atoms. The molecule has 4 nitrogen and oxygen atoms in total. The average Bonchev–Trinajstić information content (AvgIpc) is 3.01. The number of pyridine rings is 1. The van der Waals surface area contributed by atoms with E-state index in [0.29, 0.717) is 29.5 Å². The lowest BCUT2D eigenvalue weighted by Gasteiger charge is -2.13. The van der Waals surface area contributed by atoms with E-state index >= 15 is 0 Å². The Morgan fingerprint density at radius 1 is 1.57 bits per heavy atom. The highest BCUT2D eigenvalue weighted by Crippen LogP contribution is 2.34. The Hall–Kier alpha value is -0.920. The standard InChI is InChI=1S/C15H13ClINO3/c16-11-6-12(17)15(14-10(11)2-1-4-18-14)21-8-13(19)9-3-5-20-7-9/h1-2,4,6,9H,3,5,7-8H2. The fourth-order valence-electron chi connectivity index (χ4n) is 2.33. The van der Waals surface area contributed by atoms with E-state index < -0.39 is 0 Å². The minimum absolute atomic E-state index is 0.0390. The van der Waals surface area contributed by atoms with Gasteiger partial charge in [0.05, 0.1) is 15.2 Å². The van der Waals surface area contributed by atoms with Gasteiger partial charge < -0.3 is 9.47 Å². The number of fused-ring (bicyclic) bond motifs is 1. The van der Waals surface area contributed by atoms with Gasteiger partial charge in [0, 0.05) is 24.1 Å². The van der Waals surface area contributed by atoms with E-state index in [0.717, 1.165) is 15.4 Å². The van der Waals surface area contributed by atoms with Gasteiger partial charge in [0.2, 0.25) is 0 Å². The quantitative estimate of drug-likeness (QED) is 0.715. The number of nitrogens with zero attached hydrogens (tertiary/aromatic N) is 1. The van der Waals surface area contributed by atoms with Crippen molar-refractivity contribution < 1.29 is 14.3 Å². The largest absolute Gasteiger partial charge is 0.482 e. The lowest BCUT2D eigenvalue weighted by atomic mass is 10.0. The summed E-state index contributed by atoms with van der Waals surface area (Å²) in [6.45, 7) is 1.19. The van der Waals surface area contributed by atoms with Gasteiger partial charge >= 0.3 is 0 Å². The maximum Gasteiger partial charge on any atom is 0.175 e. The Labute approximate surface area is 140 Å². The zero-order valence-electron chi connectivity index (χ0n) is 11.1. The van der Waals surface area contributed by atoms with Crippen LogP contribution in [0.15, 0.2) is 24.4 Å². The monoisotopic (exact) mass is 417 g/mol. The van der Waals surface area contributed by atoms with Gasteiger partial charge in [-0.25, -0.2) is 0 Å². The van der Waals surface area contributed by atoms with Crippen LogP contribution < -0.4 is 4.74 Å². The summed E-state index contributed by atoms with van der Waals surface area (Å²) in [5.41, 5.74) is 0.685. The van der Waals surface area contributed by atoms with Crippen LogP contribution in [0.3, 0.4) is 0 Å². The molecule has 1 unspecified atom stereocenters. The molecule has 1 fully saturated rings. The summed E-state index contributed by atoms with van der Waals surface area (Å²) in [5.74, 6) is 0.638. The lowest BCUT2D eigenvalue weighted by Crippen LogP contribution is -2.22. The molecule has 0 saturated carbocycles. The average molecular weight is 418 g/mol. The van der Waals surface area contributed by atoms with Crippen LogP contribution in [0.5, 0.6) is 5.75 Å². The molecule has 1 aliphatic heterocycles. The van der Waals surface area contributed by atoms with Crippen LogP contribution in [0.4, 0.5) is 0 Å². The number of ketones is 1. The summed E-state index contributed by atoms with van der Waals surface area (Å²) in [4.78, 5) is 16.4. The summed E-state index contributed by atoms with van der Waals surface area (Å²) in [7, 11) is 0. The molecule has 0 aliphatic carbocycles. The maximum atomic E-state index is 12.1. The zero-order chi connectivity index (χ0) is 14.8. The molecule has 2 heterocycles. The molecule has 1 aromatic heterocycles. The number of hydrogen-bond acceptors (Lipinski definition) is 4. The lowest BCUT2D eigenvalue weighted by molar-refractivity contribution is -0.124. The molecule has 0 amide bonds. The van der Waals surface area contributed by atoms with E-state index in [2.05, 4.69) is 27.6 Å². The second kappa shape index (κ2) is 6.46. The van der Waals surface area contributed by atoms with Crippen LogP contribution in [0.1, 0.15) is 6.42 Å². The summed E-state index contributed by atoms with van der Waals surface area (Å²) in [5, 5.41) is 1.46. The first kappa shape index (κ1) is 15.0. The number of rotatable bonds is 4. The van der Waals surface area contributed by atoms with Crippen LogP contribution >= 0.6 is 34.2 Å². The van der Waals surface area contributed by atoms with Crippen molar-refractivity contribution in [2.45, 2.75) is 6.42 Å². The Balaban J connectivity index is 1.85. The van der Waals surface area contributed by atoms with E-state index in [9.17, 15) is 4.79 Å². The van der Waals surface area contributed by atoms with Crippen LogP contribution in [-0.2, 0) is 9.53 Å². The fourth-order valence-corrected chi connectivity index (χ4v) is 3.50. The first-order chi connectivity index (χ1) is 10.2. The SMILES string of the molecule is O=C(COc1c(I)cc(Cl)c2cccnc12)C1CCOC1. The fraction of sp³-hybridized carbons (Fsp3) is 0.333. The summed E-state index contributed by atoms with van der Waals surface area (Å²) >= 11 is 8.36. The first-order valence-electron chi connectivity index (χ1n) is 6.63. The highest BCUT2D eigenvalue weighted by molar-refractivity contribution is 14.1. The van der Waals surface area contributed by atoms with Gasteiger partial charge in [-0.2, -0.15) is 0 Å². The Morgan fingerprint density at radius 2 is 2.43 bits per heavy atom. The molecule has 2 aromatic rings. The highest BCUT2D eigenvalue weighted by Gasteiger charge is 2.24. The van der Waals surface area contributed by atoms with Gasteiger partial charge in [-0.05, 0) is 47.2 Å². The van der Waals surface area contributed by atoms with Crippen LogP contribution in [0.25, 0.3) is 10.9 Å². The number of Topliss-reactive ketones (excluding diaryl/α,β-unsaturated/α-hetero) is 1. The number of ether oxygens (including phenoxy) is 2. The van der Waals surface area contributed by atoms with Crippen molar-refractivity contribution >= 4 is 50.9 Å². The number of carbonyl (C=O) groups is 1. The van der Waals surface area contributed by atoms with E-state index in [1.54, 1.807) is 6.20 Å². The van der Waals surface area contributed by atoms with Crippen molar-refractivity contribution in [3.8, 4) is 5.75 Å². The van der Waals surface area contributed by atoms with Crippen molar-refractivity contribution in [3.63, 3.8) is 0 Å². The normalized spacial score (nSPS) is 18.1. The van der Waals surface area contributed by atoms with Gasteiger partial charge in [-0.1, -0.05) is 11.6 Å². The first-order valence-corrected chi connectivity index (χ1v) is 8.08. The summed E-state index contributed by atoms with van der Waals surface area (Å²) in [6, 6.07) is 5.54. The minimum atomic E-state index is -0.0471. The molecule has 110 valence electrons. The molecular formula is C15H13ClINO3. The molecule has 1 atom stereocenters. The summed E-state index contributed by atoms with van der Waals surface area (Å²) in [6.07, 6.45) is 2.47. The second-order valence-corrected chi connectivity index (χ2v) is 6.45. The summed E-state index contributed by atoms with van der Waals surface area (Å²) < 4.78 is 11.8. The predicted molar refractivity (Wildman–Crippen MR) is 88.9 cm³/mol. The number of benzene rings is 1. The van der Waals surface area contributed by atoms with E-state index in [1.165, 1.54) is 0 Å². The molecule has 0 N–H and O–H groups in total. The smallest absolute Gasteiger partial charge is 0.175 e. The molecule has 3 rings (SSSR count). The molecule has 0 bridgehead atoms. The molecule has 0 spiro atoms. The molecule has 6 heteroatoms. The van der Waals surface area contributed by atoms with Crippen molar-refractivity contribution in [1.29, 1.82) is 0 Å². The van der Waals surface area contributed by atoms with Crippen molar-refractivity contribution in [2.24, 2.45) is 5.92 Å². The van der Waals surface area contributed by atoms with Crippen molar-refractivity contribution in [2.75, 3.05) is 19.8 Å². The van der Waals surface area contributed by atoms with Gasteiger partial charge in [0.15, 0.2) is 11.5 Å². The Morgan fingerprint density at radius 3 is 3.19 bits per heavy atom. The van der Waals surface area contributed by atoms with Crippen molar-refractivity contribution in [1.82, 2.24) is 4.98 Å². The molecular weight excluding hydrogens is 405 g/mol. The third kappa shape index (κ3) is 3.14. The van der Waals surface area contributed by atoms with Gasteiger partial charge in [0.1, 0.15) is 12.1 Å². The van der Waals surface area contributed by atoms with Gasteiger partial charge in [-0.3, -0.25) is 9.78 Å². The number of halogens is 2. The van der Waals surface area contributed by atoms with Gasteiger partial charge in [-0.15, -0.1) is 0 Å². The van der Waals surface area contributed by atoms with E-state index in [1.807, 2.05) is 18.2 Å². The van der Waals surface area contributed by atoms with Crippen molar-refractivity contribution in [3.05, 3.63) is 33.0 Å². The van der Waals surface area contributed by atoms with Crippen LogP contribution in [0.2, 0.25) is 5.02 Å². The maximum absolute atomic E-state index is 12.1. The van der Waals surface area contributed by atoms with Gasteiger partial charge in [0.25, 0.3) is 0 Å². The third-order valence-corrected chi connectivity index (χ3v) is 4.61. The zero-order valence-corrected chi connectivity index (χ0v) is 14.1.